The van der Waals surface area contributed by atoms with Crippen molar-refractivity contribution in [1.29, 1.82) is 0 Å². The lowest BCUT2D eigenvalue weighted by Gasteiger charge is -2.32. The van der Waals surface area contributed by atoms with Crippen molar-refractivity contribution in [2.45, 2.75) is 32.2 Å². The smallest absolute Gasteiger partial charge is 0.208 e. The van der Waals surface area contributed by atoms with Crippen molar-refractivity contribution >= 4 is 0 Å². The third kappa shape index (κ3) is 3.29. The number of aryl methyl sites for hydroxylation is 1. The van der Waals surface area contributed by atoms with Gasteiger partial charge in [0, 0.05) is 6.54 Å². The minimum Gasteiger partial charge on any atom is -0.445 e. The van der Waals surface area contributed by atoms with Crippen molar-refractivity contribution in [3.63, 3.8) is 0 Å². The maximum Gasteiger partial charge on any atom is 0.208 e. The molecule has 3 rings (SSSR count). The first-order valence-electron chi connectivity index (χ1n) is 7.20. The van der Waals surface area contributed by atoms with Crippen LogP contribution in [0.2, 0.25) is 0 Å². The summed E-state index contributed by atoms with van der Waals surface area (Å²) in [5, 5.41) is 0. The Morgan fingerprint density at radius 1 is 1.38 bits per heavy atom. The van der Waals surface area contributed by atoms with E-state index in [1.165, 1.54) is 12.1 Å². The number of hydrogen-bond donors (Lipinski definition) is 0. The highest BCUT2D eigenvalue weighted by Gasteiger charge is 2.24. The number of aromatic nitrogens is 1. The Kier molecular flexibility index (Phi) is 4.01. The molecule has 21 heavy (non-hydrogen) atoms. The number of likely N-dealkylation sites (tertiary alicyclic amines) is 1. The van der Waals surface area contributed by atoms with Crippen LogP contribution in [0.25, 0.3) is 0 Å². The minimum atomic E-state index is -0.383. The summed E-state index contributed by atoms with van der Waals surface area (Å²) >= 11 is 0. The van der Waals surface area contributed by atoms with Crippen LogP contribution in [0.4, 0.5) is 8.78 Å². The summed E-state index contributed by atoms with van der Waals surface area (Å²) in [6.45, 7) is 4.09. The third-order valence-electron chi connectivity index (χ3n) is 3.93. The number of piperidine rings is 1. The first-order valence-corrected chi connectivity index (χ1v) is 7.20. The lowest BCUT2D eigenvalue weighted by atomic mass is 9.90. The Hall–Kier alpha value is -1.75. The molecule has 1 aromatic carbocycles. The van der Waals surface area contributed by atoms with Crippen LogP contribution in [-0.4, -0.2) is 23.0 Å². The van der Waals surface area contributed by atoms with Gasteiger partial charge in [0.1, 0.15) is 17.4 Å². The fourth-order valence-corrected chi connectivity index (χ4v) is 2.95. The highest BCUT2D eigenvalue weighted by atomic mass is 19.1. The van der Waals surface area contributed by atoms with Crippen molar-refractivity contribution in [3.05, 3.63) is 53.2 Å². The van der Waals surface area contributed by atoms with Crippen molar-refractivity contribution in [2.75, 3.05) is 13.1 Å². The maximum atomic E-state index is 13.9. The molecule has 0 bridgehead atoms. The van der Waals surface area contributed by atoms with Crippen LogP contribution in [0.1, 0.15) is 36.0 Å². The molecule has 1 aliphatic heterocycles. The van der Waals surface area contributed by atoms with Gasteiger partial charge in [-0.1, -0.05) is 0 Å². The van der Waals surface area contributed by atoms with Gasteiger partial charge < -0.3 is 4.42 Å². The number of benzene rings is 1. The summed E-state index contributed by atoms with van der Waals surface area (Å²) in [4.78, 5) is 6.38. The Balaban J connectivity index is 1.72. The van der Waals surface area contributed by atoms with Crippen molar-refractivity contribution in [2.24, 2.45) is 0 Å². The van der Waals surface area contributed by atoms with E-state index in [0.29, 0.717) is 24.5 Å². The third-order valence-corrected chi connectivity index (χ3v) is 3.93. The van der Waals surface area contributed by atoms with Gasteiger partial charge in [-0.05, 0) is 56.0 Å². The van der Waals surface area contributed by atoms with Crippen LogP contribution in [0, 0.1) is 18.6 Å². The molecule has 0 amide bonds. The number of oxazole rings is 1. The van der Waals surface area contributed by atoms with Gasteiger partial charge in [0.2, 0.25) is 5.89 Å². The molecule has 3 nitrogen and oxygen atoms in total. The van der Waals surface area contributed by atoms with Crippen LogP contribution >= 0.6 is 0 Å². The largest absolute Gasteiger partial charge is 0.445 e. The summed E-state index contributed by atoms with van der Waals surface area (Å²) in [6.07, 6.45) is 3.53. The summed E-state index contributed by atoms with van der Waals surface area (Å²) in [7, 11) is 0. The number of hydrogen-bond acceptors (Lipinski definition) is 3. The van der Waals surface area contributed by atoms with Crippen LogP contribution in [0.3, 0.4) is 0 Å². The minimum absolute atomic E-state index is 0.0190. The molecule has 1 aromatic heterocycles. The van der Waals surface area contributed by atoms with E-state index in [2.05, 4.69) is 9.88 Å². The molecule has 0 saturated carbocycles. The molecule has 1 saturated heterocycles. The molecule has 2 heterocycles. The van der Waals surface area contributed by atoms with Gasteiger partial charge in [-0.3, -0.25) is 4.90 Å². The van der Waals surface area contributed by atoms with Crippen molar-refractivity contribution in [3.8, 4) is 0 Å². The van der Waals surface area contributed by atoms with Gasteiger partial charge in [-0.2, -0.15) is 0 Å². The van der Waals surface area contributed by atoms with Gasteiger partial charge in [0.25, 0.3) is 0 Å². The molecule has 1 atom stereocenters. The van der Waals surface area contributed by atoms with Crippen LogP contribution in [-0.2, 0) is 6.54 Å². The predicted molar refractivity (Wildman–Crippen MR) is 74.9 cm³/mol. The molecule has 5 heteroatoms. The Bertz CT molecular complexity index is 626. The zero-order valence-corrected chi connectivity index (χ0v) is 12.0. The van der Waals surface area contributed by atoms with Gasteiger partial charge in [0.15, 0.2) is 0 Å². The average Bonchev–Trinajstić information content (AvgIpc) is 2.87. The summed E-state index contributed by atoms with van der Waals surface area (Å²) in [5.74, 6) is 0.773. The molecule has 1 fully saturated rings. The first-order chi connectivity index (χ1) is 10.1. The summed E-state index contributed by atoms with van der Waals surface area (Å²) < 4.78 is 32.7. The second kappa shape index (κ2) is 5.93. The number of rotatable bonds is 3. The Labute approximate surface area is 122 Å². The van der Waals surface area contributed by atoms with E-state index in [0.717, 1.165) is 31.2 Å². The molecule has 0 radical (unpaired) electrons. The molecule has 0 spiro atoms. The highest BCUT2D eigenvalue weighted by Crippen LogP contribution is 2.29. The van der Waals surface area contributed by atoms with E-state index in [9.17, 15) is 8.78 Å². The fourth-order valence-electron chi connectivity index (χ4n) is 2.95. The molecule has 1 aliphatic rings. The van der Waals surface area contributed by atoms with Gasteiger partial charge in [0.05, 0.1) is 12.7 Å². The van der Waals surface area contributed by atoms with E-state index >= 15 is 0 Å². The standard InChI is InChI=1S/C16H18F2N2O/c1-11-8-19-16(21-11)10-20-6-2-3-12(9-20)14-7-13(17)4-5-15(14)18/h4-5,7-8,12H,2-3,6,9-10H2,1H3. The predicted octanol–water partition coefficient (Wildman–Crippen LogP) is 3.64. The molecule has 0 N–H and O–H groups in total. The van der Waals surface area contributed by atoms with Crippen LogP contribution in [0.15, 0.2) is 28.8 Å². The Morgan fingerprint density at radius 2 is 2.24 bits per heavy atom. The van der Waals surface area contributed by atoms with Gasteiger partial charge in [-0.25, -0.2) is 13.8 Å². The molecule has 2 aromatic rings. The zero-order valence-electron chi connectivity index (χ0n) is 12.0. The van der Waals surface area contributed by atoms with Crippen LogP contribution in [0.5, 0.6) is 0 Å². The monoisotopic (exact) mass is 292 g/mol. The van der Waals surface area contributed by atoms with Crippen molar-refractivity contribution in [1.82, 2.24) is 9.88 Å². The average molecular weight is 292 g/mol. The second-order valence-corrected chi connectivity index (χ2v) is 5.60. The molecule has 0 aliphatic carbocycles. The number of halogens is 2. The highest BCUT2D eigenvalue weighted by molar-refractivity contribution is 5.23. The zero-order chi connectivity index (χ0) is 14.8. The molecular weight excluding hydrogens is 274 g/mol. The van der Waals surface area contributed by atoms with E-state index in [-0.39, 0.29) is 17.6 Å². The Morgan fingerprint density at radius 3 is 3.00 bits per heavy atom. The number of nitrogens with zero attached hydrogens (tertiary/aromatic N) is 2. The fraction of sp³-hybridized carbons (Fsp3) is 0.438. The molecule has 1 unspecified atom stereocenters. The van der Waals surface area contributed by atoms with E-state index in [4.69, 9.17) is 4.42 Å². The van der Waals surface area contributed by atoms with E-state index in [1.54, 1.807) is 6.20 Å². The van der Waals surface area contributed by atoms with E-state index < -0.39 is 0 Å². The quantitative estimate of drug-likeness (QED) is 0.865. The SMILES string of the molecule is Cc1cnc(CN2CCCC(c3cc(F)ccc3F)C2)o1. The second-order valence-electron chi connectivity index (χ2n) is 5.60. The van der Waals surface area contributed by atoms with Gasteiger partial charge in [-0.15, -0.1) is 0 Å². The molecular formula is C16H18F2N2O. The lowest BCUT2D eigenvalue weighted by Crippen LogP contribution is -2.34. The van der Waals surface area contributed by atoms with E-state index in [1.807, 2.05) is 6.92 Å². The van der Waals surface area contributed by atoms with Gasteiger partial charge >= 0.3 is 0 Å². The summed E-state index contributed by atoms with van der Waals surface area (Å²) in [5.41, 5.74) is 0.475. The normalized spacial score (nSPS) is 19.9. The summed E-state index contributed by atoms with van der Waals surface area (Å²) in [6, 6.07) is 3.69. The molecule has 112 valence electrons. The topological polar surface area (TPSA) is 29.3 Å². The first kappa shape index (κ1) is 14.2. The van der Waals surface area contributed by atoms with Crippen molar-refractivity contribution < 1.29 is 13.2 Å². The van der Waals surface area contributed by atoms with Crippen LogP contribution < -0.4 is 0 Å². The lowest BCUT2D eigenvalue weighted by molar-refractivity contribution is 0.181. The maximum absolute atomic E-state index is 13.9.